The number of ether oxygens (including phenoxy) is 3. The number of nitrogens with zero attached hydrogens (tertiary/aromatic N) is 1. The molecular formula is C18H27NO5. The minimum atomic E-state index is -0.478. The Balaban J connectivity index is 2.32. The summed E-state index contributed by atoms with van der Waals surface area (Å²) in [6.45, 7) is 10.3. The molecule has 0 radical (unpaired) electrons. The summed E-state index contributed by atoms with van der Waals surface area (Å²) >= 11 is 0. The second-order valence-corrected chi connectivity index (χ2v) is 7.03. The molecule has 1 aromatic heterocycles. The van der Waals surface area contributed by atoms with Crippen LogP contribution in [0.4, 0.5) is 0 Å². The molecule has 0 aromatic carbocycles. The molecule has 6 heteroatoms. The Hall–Kier alpha value is -1.82. The first kappa shape index (κ1) is 18.5. The van der Waals surface area contributed by atoms with Crippen LogP contribution < -0.4 is 0 Å². The molecule has 0 amide bonds. The molecule has 0 spiro atoms. The molecule has 1 aliphatic rings. The van der Waals surface area contributed by atoms with Crippen molar-refractivity contribution in [3.05, 3.63) is 28.9 Å². The number of hydrogen-bond acceptors (Lipinski definition) is 6. The standard InChI is InChI=1S/C18H27NO5/c1-7-22-17(20)15-11(2)16(24-19-15)13-10-12(21-6)8-9-14(23-13)18(3,4)5/h8,13-14H,7,9-10H2,1-6H3/t13-,14?/m1/s1. The first-order valence-corrected chi connectivity index (χ1v) is 8.29. The van der Waals surface area contributed by atoms with E-state index in [4.69, 9.17) is 18.7 Å². The van der Waals surface area contributed by atoms with Gasteiger partial charge in [-0.25, -0.2) is 4.79 Å². The molecule has 0 saturated carbocycles. The van der Waals surface area contributed by atoms with E-state index in [0.717, 1.165) is 12.2 Å². The average Bonchev–Trinajstić information content (AvgIpc) is 2.76. The maximum Gasteiger partial charge on any atom is 0.360 e. The van der Waals surface area contributed by atoms with Crippen molar-refractivity contribution >= 4 is 5.97 Å². The van der Waals surface area contributed by atoms with Crippen LogP contribution in [0, 0.1) is 12.3 Å². The summed E-state index contributed by atoms with van der Waals surface area (Å²) in [5, 5.41) is 3.89. The number of methoxy groups -OCH3 is 1. The summed E-state index contributed by atoms with van der Waals surface area (Å²) in [5.74, 6) is 0.922. The van der Waals surface area contributed by atoms with Crippen LogP contribution in [0.25, 0.3) is 0 Å². The number of rotatable bonds is 4. The minimum absolute atomic E-state index is 0.00527. The van der Waals surface area contributed by atoms with Gasteiger partial charge in [-0.05, 0) is 31.8 Å². The maximum absolute atomic E-state index is 12.0. The first-order chi connectivity index (χ1) is 11.3. The molecule has 6 nitrogen and oxygen atoms in total. The number of aromatic nitrogens is 1. The van der Waals surface area contributed by atoms with Crippen molar-refractivity contribution in [3.8, 4) is 0 Å². The second kappa shape index (κ2) is 7.38. The van der Waals surface area contributed by atoms with E-state index in [1.54, 1.807) is 21.0 Å². The molecule has 0 aliphatic carbocycles. The summed E-state index contributed by atoms with van der Waals surface area (Å²) in [6, 6.07) is 0. The summed E-state index contributed by atoms with van der Waals surface area (Å²) in [7, 11) is 1.65. The van der Waals surface area contributed by atoms with Crippen LogP contribution in [-0.4, -0.2) is 30.9 Å². The van der Waals surface area contributed by atoms with E-state index in [1.165, 1.54) is 0 Å². The Kier molecular flexibility index (Phi) is 5.70. The van der Waals surface area contributed by atoms with Crippen LogP contribution in [0.2, 0.25) is 0 Å². The Morgan fingerprint density at radius 1 is 1.42 bits per heavy atom. The zero-order chi connectivity index (χ0) is 17.9. The number of carbonyl (C=O) groups is 1. The van der Waals surface area contributed by atoms with Crippen molar-refractivity contribution in [3.63, 3.8) is 0 Å². The summed E-state index contributed by atoms with van der Waals surface area (Å²) in [6.07, 6.45) is 3.03. The molecular weight excluding hydrogens is 310 g/mol. The van der Waals surface area contributed by atoms with Crippen molar-refractivity contribution in [1.29, 1.82) is 0 Å². The number of hydrogen-bond donors (Lipinski definition) is 0. The van der Waals surface area contributed by atoms with Gasteiger partial charge in [0.05, 0.1) is 25.6 Å². The van der Waals surface area contributed by atoms with E-state index in [1.807, 2.05) is 0 Å². The molecule has 0 N–H and O–H groups in total. The fraction of sp³-hybridized carbons (Fsp3) is 0.667. The third-order valence-corrected chi connectivity index (χ3v) is 4.22. The highest BCUT2D eigenvalue weighted by atomic mass is 16.5. The highest BCUT2D eigenvalue weighted by Gasteiger charge is 2.35. The molecule has 134 valence electrons. The predicted molar refractivity (Wildman–Crippen MR) is 88.6 cm³/mol. The molecule has 1 aliphatic heterocycles. The van der Waals surface area contributed by atoms with Gasteiger partial charge in [0.1, 0.15) is 6.10 Å². The minimum Gasteiger partial charge on any atom is -0.501 e. The third kappa shape index (κ3) is 3.98. The monoisotopic (exact) mass is 337 g/mol. The molecule has 0 bridgehead atoms. The van der Waals surface area contributed by atoms with Crippen molar-refractivity contribution < 1.29 is 23.5 Å². The van der Waals surface area contributed by atoms with Gasteiger partial charge in [0.2, 0.25) is 0 Å². The van der Waals surface area contributed by atoms with Gasteiger partial charge in [0.25, 0.3) is 0 Å². The second-order valence-electron chi connectivity index (χ2n) is 7.03. The van der Waals surface area contributed by atoms with E-state index in [9.17, 15) is 4.79 Å². The van der Waals surface area contributed by atoms with E-state index in [2.05, 4.69) is 32.0 Å². The molecule has 1 unspecified atom stereocenters. The van der Waals surface area contributed by atoms with Crippen molar-refractivity contribution in [1.82, 2.24) is 5.16 Å². The van der Waals surface area contributed by atoms with Gasteiger partial charge in [-0.15, -0.1) is 0 Å². The predicted octanol–water partition coefficient (Wildman–Crippen LogP) is 3.96. The van der Waals surface area contributed by atoms with Gasteiger partial charge in [0.15, 0.2) is 11.5 Å². The molecule has 0 fully saturated rings. The van der Waals surface area contributed by atoms with Crippen LogP contribution in [0.5, 0.6) is 0 Å². The number of carbonyl (C=O) groups excluding carboxylic acids is 1. The highest BCUT2D eigenvalue weighted by Crippen LogP contribution is 2.38. The Bertz CT molecular complexity index is 611. The van der Waals surface area contributed by atoms with Gasteiger partial charge in [-0.2, -0.15) is 0 Å². The van der Waals surface area contributed by atoms with E-state index in [-0.39, 0.29) is 23.3 Å². The lowest BCUT2D eigenvalue weighted by Crippen LogP contribution is -2.29. The molecule has 2 atom stereocenters. The Morgan fingerprint density at radius 2 is 2.12 bits per heavy atom. The maximum atomic E-state index is 12.0. The highest BCUT2D eigenvalue weighted by molar-refractivity contribution is 5.88. The lowest BCUT2D eigenvalue weighted by atomic mass is 9.87. The van der Waals surface area contributed by atoms with Crippen molar-refractivity contribution in [2.75, 3.05) is 13.7 Å². The van der Waals surface area contributed by atoms with E-state index < -0.39 is 5.97 Å². The summed E-state index contributed by atoms with van der Waals surface area (Å²) in [5.41, 5.74) is 0.828. The fourth-order valence-corrected chi connectivity index (χ4v) is 2.72. The third-order valence-electron chi connectivity index (χ3n) is 4.22. The Morgan fingerprint density at radius 3 is 2.71 bits per heavy atom. The molecule has 1 aromatic rings. The van der Waals surface area contributed by atoms with Crippen molar-refractivity contribution in [2.24, 2.45) is 5.41 Å². The summed E-state index contributed by atoms with van der Waals surface area (Å²) in [4.78, 5) is 12.0. The Labute approximate surface area is 143 Å². The lowest BCUT2D eigenvalue weighted by Gasteiger charge is -2.31. The SMILES string of the molecule is CCOC(=O)c1noc([C@H]2CC(OC)=CCC(C(C)(C)C)O2)c1C. The van der Waals surface area contributed by atoms with Gasteiger partial charge in [0, 0.05) is 12.0 Å². The average molecular weight is 337 g/mol. The first-order valence-electron chi connectivity index (χ1n) is 8.29. The van der Waals surface area contributed by atoms with Gasteiger partial charge in [-0.1, -0.05) is 25.9 Å². The van der Waals surface area contributed by atoms with Crippen LogP contribution in [0.3, 0.4) is 0 Å². The zero-order valence-electron chi connectivity index (χ0n) is 15.3. The normalized spacial score (nSPS) is 21.8. The lowest BCUT2D eigenvalue weighted by molar-refractivity contribution is -0.0735. The zero-order valence-corrected chi connectivity index (χ0v) is 15.3. The van der Waals surface area contributed by atoms with Gasteiger partial charge >= 0.3 is 5.97 Å². The largest absolute Gasteiger partial charge is 0.501 e. The van der Waals surface area contributed by atoms with Crippen LogP contribution in [-0.2, 0) is 14.2 Å². The quantitative estimate of drug-likeness (QED) is 0.775. The van der Waals surface area contributed by atoms with Gasteiger partial charge in [-0.3, -0.25) is 0 Å². The van der Waals surface area contributed by atoms with Crippen LogP contribution >= 0.6 is 0 Å². The molecule has 2 rings (SSSR count). The van der Waals surface area contributed by atoms with Gasteiger partial charge < -0.3 is 18.7 Å². The summed E-state index contributed by atoms with van der Waals surface area (Å²) < 4.78 is 22.2. The van der Waals surface area contributed by atoms with Crippen molar-refractivity contribution in [2.45, 2.75) is 59.7 Å². The fourth-order valence-electron chi connectivity index (χ4n) is 2.72. The molecule has 0 saturated heterocycles. The molecule has 24 heavy (non-hydrogen) atoms. The van der Waals surface area contributed by atoms with E-state index in [0.29, 0.717) is 24.4 Å². The van der Waals surface area contributed by atoms with Crippen LogP contribution in [0.1, 0.15) is 68.5 Å². The topological polar surface area (TPSA) is 70.8 Å². The van der Waals surface area contributed by atoms with Crippen LogP contribution in [0.15, 0.2) is 16.4 Å². The number of esters is 1. The van der Waals surface area contributed by atoms with E-state index >= 15 is 0 Å². The molecule has 2 heterocycles. The smallest absolute Gasteiger partial charge is 0.360 e.